The maximum absolute atomic E-state index is 12.7. The molecule has 0 fully saturated rings. The van der Waals surface area contributed by atoms with Crippen molar-refractivity contribution in [1.29, 1.82) is 0 Å². The highest BCUT2D eigenvalue weighted by molar-refractivity contribution is 6.31. The number of nitrogens with one attached hydrogen (secondary N) is 1. The molecule has 7 nitrogen and oxygen atoms in total. The highest BCUT2D eigenvalue weighted by Gasteiger charge is 2.20. The Morgan fingerprint density at radius 3 is 2.56 bits per heavy atom. The first-order valence-electron chi connectivity index (χ1n) is 7.78. The molecule has 0 spiro atoms. The molecule has 1 N–H and O–H groups in total. The second-order valence-electron chi connectivity index (χ2n) is 5.55. The lowest BCUT2D eigenvalue weighted by Crippen LogP contribution is -2.17. The largest absolute Gasteiger partial charge is 0.465 e. The third kappa shape index (κ3) is 3.94. The Bertz CT molecular complexity index is 1030. The van der Waals surface area contributed by atoms with Crippen molar-refractivity contribution in [2.75, 3.05) is 12.4 Å². The average Bonchev–Trinajstić information content (AvgIpc) is 3.03. The van der Waals surface area contributed by atoms with E-state index >= 15 is 0 Å². The molecule has 3 aromatic rings. The number of aromatic nitrogens is 3. The molecule has 3 rings (SSSR count). The summed E-state index contributed by atoms with van der Waals surface area (Å²) < 4.78 is 6.22. The lowest BCUT2D eigenvalue weighted by atomic mass is 10.1. The van der Waals surface area contributed by atoms with E-state index in [1.165, 1.54) is 30.0 Å². The standard InChI is InChI=1S/C18H14Cl2N4O3/c1-10-16(22-23-24(10)13-5-3-4-11(19)8-13)17(25)21-15-9-12(20)6-7-14(15)18(26)27-2/h3-9H,1-2H3,(H,21,25). The molecule has 9 heteroatoms. The molecule has 1 aromatic heterocycles. The van der Waals surface area contributed by atoms with Gasteiger partial charge in [-0.1, -0.05) is 34.5 Å². The number of hydrogen-bond acceptors (Lipinski definition) is 5. The van der Waals surface area contributed by atoms with Crippen LogP contribution >= 0.6 is 23.2 Å². The summed E-state index contributed by atoms with van der Waals surface area (Å²) in [5, 5.41) is 11.5. The van der Waals surface area contributed by atoms with Gasteiger partial charge >= 0.3 is 5.97 Å². The van der Waals surface area contributed by atoms with Gasteiger partial charge in [0.1, 0.15) is 0 Å². The molecular formula is C18H14Cl2N4O3. The Hall–Kier alpha value is -2.90. The van der Waals surface area contributed by atoms with Gasteiger partial charge in [0.15, 0.2) is 5.69 Å². The van der Waals surface area contributed by atoms with Crippen LogP contribution in [-0.4, -0.2) is 34.0 Å². The average molecular weight is 405 g/mol. The molecular weight excluding hydrogens is 391 g/mol. The normalized spacial score (nSPS) is 10.5. The molecule has 0 unspecified atom stereocenters. The van der Waals surface area contributed by atoms with E-state index in [9.17, 15) is 9.59 Å². The van der Waals surface area contributed by atoms with Gasteiger partial charge in [0.2, 0.25) is 0 Å². The maximum atomic E-state index is 12.7. The van der Waals surface area contributed by atoms with Crippen molar-refractivity contribution in [3.8, 4) is 5.69 Å². The monoisotopic (exact) mass is 404 g/mol. The van der Waals surface area contributed by atoms with E-state index in [2.05, 4.69) is 15.6 Å². The van der Waals surface area contributed by atoms with Crippen LogP contribution in [0.15, 0.2) is 42.5 Å². The summed E-state index contributed by atoms with van der Waals surface area (Å²) in [5.41, 5.74) is 1.68. The Kier molecular flexibility index (Phi) is 5.43. The van der Waals surface area contributed by atoms with Gasteiger partial charge in [-0.15, -0.1) is 5.10 Å². The van der Waals surface area contributed by atoms with Gasteiger partial charge in [-0.2, -0.15) is 0 Å². The van der Waals surface area contributed by atoms with Crippen molar-refractivity contribution >= 4 is 40.8 Å². The summed E-state index contributed by atoms with van der Waals surface area (Å²) in [6.07, 6.45) is 0. The van der Waals surface area contributed by atoms with Crippen molar-refractivity contribution in [2.24, 2.45) is 0 Å². The number of ether oxygens (including phenoxy) is 1. The minimum atomic E-state index is -0.596. The molecule has 1 heterocycles. The Morgan fingerprint density at radius 1 is 1.11 bits per heavy atom. The number of rotatable bonds is 4. The van der Waals surface area contributed by atoms with Crippen molar-refractivity contribution < 1.29 is 14.3 Å². The Morgan fingerprint density at radius 2 is 1.85 bits per heavy atom. The molecule has 0 aliphatic rings. The molecule has 0 aliphatic carbocycles. The first-order valence-corrected chi connectivity index (χ1v) is 8.53. The fourth-order valence-electron chi connectivity index (χ4n) is 2.48. The van der Waals surface area contributed by atoms with Gasteiger partial charge in [0, 0.05) is 10.0 Å². The fraction of sp³-hybridized carbons (Fsp3) is 0.111. The van der Waals surface area contributed by atoms with E-state index in [4.69, 9.17) is 27.9 Å². The topological polar surface area (TPSA) is 86.1 Å². The second-order valence-corrected chi connectivity index (χ2v) is 6.42. The van der Waals surface area contributed by atoms with Gasteiger partial charge in [-0.05, 0) is 43.3 Å². The van der Waals surface area contributed by atoms with E-state index in [0.29, 0.717) is 21.4 Å². The van der Waals surface area contributed by atoms with Gasteiger partial charge in [-0.25, -0.2) is 9.48 Å². The first kappa shape index (κ1) is 18.9. The number of carbonyl (C=O) groups excluding carboxylic acids is 2. The van der Waals surface area contributed by atoms with Gasteiger partial charge in [-0.3, -0.25) is 4.79 Å². The lowest BCUT2D eigenvalue weighted by Gasteiger charge is -2.10. The zero-order chi connectivity index (χ0) is 19.6. The highest BCUT2D eigenvalue weighted by atomic mass is 35.5. The van der Waals surface area contributed by atoms with E-state index in [0.717, 1.165) is 0 Å². The number of hydrogen-bond donors (Lipinski definition) is 1. The van der Waals surface area contributed by atoms with E-state index in [-0.39, 0.29) is 16.9 Å². The predicted octanol–water partition coefficient (Wildman–Crippen LogP) is 3.92. The number of halogens is 2. The zero-order valence-electron chi connectivity index (χ0n) is 14.4. The van der Waals surface area contributed by atoms with Crippen LogP contribution in [0.5, 0.6) is 0 Å². The third-order valence-electron chi connectivity index (χ3n) is 3.80. The van der Waals surface area contributed by atoms with Crippen molar-refractivity contribution in [3.05, 3.63) is 69.5 Å². The quantitative estimate of drug-likeness (QED) is 0.665. The van der Waals surface area contributed by atoms with E-state index in [1.54, 1.807) is 31.2 Å². The van der Waals surface area contributed by atoms with Crippen LogP contribution in [-0.2, 0) is 4.74 Å². The number of anilines is 1. The molecule has 1 amide bonds. The summed E-state index contributed by atoms with van der Waals surface area (Å²) >= 11 is 12.0. The fourth-order valence-corrected chi connectivity index (χ4v) is 2.84. The van der Waals surface area contributed by atoms with Crippen LogP contribution in [0.3, 0.4) is 0 Å². The van der Waals surface area contributed by atoms with E-state index < -0.39 is 11.9 Å². The molecule has 0 saturated carbocycles. The molecule has 0 saturated heterocycles. The number of esters is 1. The molecule has 2 aromatic carbocycles. The highest BCUT2D eigenvalue weighted by Crippen LogP contribution is 2.23. The number of benzene rings is 2. The molecule has 0 aliphatic heterocycles. The number of carbonyl (C=O) groups is 2. The number of nitrogens with zero attached hydrogens (tertiary/aromatic N) is 3. The van der Waals surface area contributed by atoms with Crippen LogP contribution in [0.25, 0.3) is 5.69 Å². The molecule has 27 heavy (non-hydrogen) atoms. The van der Waals surface area contributed by atoms with E-state index in [1.807, 2.05) is 0 Å². The summed E-state index contributed by atoms with van der Waals surface area (Å²) in [6.45, 7) is 1.70. The van der Waals surface area contributed by atoms with Gasteiger partial charge in [0.25, 0.3) is 5.91 Å². The summed E-state index contributed by atoms with van der Waals surface area (Å²) in [6, 6.07) is 11.5. The smallest absolute Gasteiger partial charge is 0.339 e. The second kappa shape index (κ2) is 7.77. The summed E-state index contributed by atoms with van der Waals surface area (Å²) in [4.78, 5) is 24.6. The van der Waals surface area contributed by atoms with Crippen LogP contribution in [0.1, 0.15) is 26.5 Å². The minimum Gasteiger partial charge on any atom is -0.465 e. The van der Waals surface area contributed by atoms with Crippen molar-refractivity contribution in [3.63, 3.8) is 0 Å². The van der Waals surface area contributed by atoms with Crippen molar-refractivity contribution in [2.45, 2.75) is 6.92 Å². The molecule has 0 radical (unpaired) electrons. The summed E-state index contributed by atoms with van der Waals surface area (Å²) in [7, 11) is 1.25. The third-order valence-corrected chi connectivity index (χ3v) is 4.27. The molecule has 0 atom stereocenters. The lowest BCUT2D eigenvalue weighted by molar-refractivity contribution is 0.0602. The summed E-state index contributed by atoms with van der Waals surface area (Å²) in [5.74, 6) is -1.13. The maximum Gasteiger partial charge on any atom is 0.339 e. The first-order chi connectivity index (χ1) is 12.9. The van der Waals surface area contributed by atoms with Crippen LogP contribution in [0.4, 0.5) is 5.69 Å². The van der Waals surface area contributed by atoms with Crippen molar-refractivity contribution in [1.82, 2.24) is 15.0 Å². The van der Waals surface area contributed by atoms with Crippen LogP contribution in [0, 0.1) is 6.92 Å². The zero-order valence-corrected chi connectivity index (χ0v) is 15.9. The minimum absolute atomic E-state index is 0.103. The molecule has 138 valence electrons. The number of amides is 1. The van der Waals surface area contributed by atoms with Crippen LogP contribution in [0.2, 0.25) is 10.0 Å². The van der Waals surface area contributed by atoms with Crippen LogP contribution < -0.4 is 5.32 Å². The predicted molar refractivity (Wildman–Crippen MR) is 102 cm³/mol. The Balaban J connectivity index is 1.92. The Labute approximate surface area is 164 Å². The number of methoxy groups -OCH3 is 1. The molecule has 0 bridgehead atoms. The van der Waals surface area contributed by atoms with Gasteiger partial charge in [0.05, 0.1) is 29.7 Å². The SMILES string of the molecule is COC(=O)c1ccc(Cl)cc1NC(=O)c1nnn(-c2cccc(Cl)c2)c1C. The van der Waals surface area contributed by atoms with Gasteiger partial charge < -0.3 is 10.1 Å².